The SMILES string of the molecule is CC(C)C1C(=O)N(c2ccc(SC(F)(F)F)cc2)C(=O)N1Cc1ccnc2ccccc12. The lowest BCUT2D eigenvalue weighted by atomic mass is 10.0. The number of aromatic nitrogens is 1. The molecular formula is C23H20F3N3O2S. The van der Waals surface area contributed by atoms with Crippen molar-refractivity contribution < 1.29 is 22.8 Å². The number of anilines is 1. The average Bonchev–Trinajstić information content (AvgIpc) is 2.97. The molecule has 0 aliphatic carbocycles. The summed E-state index contributed by atoms with van der Waals surface area (Å²) in [4.78, 5) is 33.4. The quantitative estimate of drug-likeness (QED) is 0.355. The predicted octanol–water partition coefficient (Wildman–Crippen LogP) is 5.84. The Morgan fingerprint density at radius 1 is 1.03 bits per heavy atom. The molecule has 0 bridgehead atoms. The second-order valence-electron chi connectivity index (χ2n) is 7.80. The number of carbonyl (C=O) groups excluding carboxylic acids is 2. The molecule has 3 aromatic rings. The van der Waals surface area contributed by atoms with Gasteiger partial charge in [0, 0.05) is 23.0 Å². The monoisotopic (exact) mass is 459 g/mol. The molecule has 0 N–H and O–H groups in total. The fourth-order valence-corrected chi connectivity index (χ4v) is 4.47. The molecule has 3 amide bonds. The van der Waals surface area contributed by atoms with E-state index >= 15 is 0 Å². The molecular weight excluding hydrogens is 439 g/mol. The number of amides is 3. The number of hydrogen-bond acceptors (Lipinski definition) is 4. The Kier molecular flexibility index (Phi) is 5.85. The number of urea groups is 1. The summed E-state index contributed by atoms with van der Waals surface area (Å²) in [6, 6.07) is 13.5. The van der Waals surface area contributed by atoms with Crippen molar-refractivity contribution in [3.05, 3.63) is 66.4 Å². The summed E-state index contributed by atoms with van der Waals surface area (Å²) in [7, 11) is 0. The molecule has 1 atom stereocenters. The van der Waals surface area contributed by atoms with Gasteiger partial charge in [0.25, 0.3) is 5.91 Å². The van der Waals surface area contributed by atoms with Gasteiger partial charge in [0.05, 0.1) is 11.2 Å². The van der Waals surface area contributed by atoms with Crippen LogP contribution in [0.5, 0.6) is 0 Å². The van der Waals surface area contributed by atoms with Crippen LogP contribution in [0.3, 0.4) is 0 Å². The molecule has 2 heterocycles. The minimum absolute atomic E-state index is 0.0131. The van der Waals surface area contributed by atoms with Crippen molar-refractivity contribution in [1.29, 1.82) is 0 Å². The maximum absolute atomic E-state index is 13.3. The van der Waals surface area contributed by atoms with Crippen molar-refractivity contribution in [3.8, 4) is 0 Å². The Morgan fingerprint density at radius 3 is 2.38 bits per heavy atom. The van der Waals surface area contributed by atoms with Crippen molar-refractivity contribution in [3.63, 3.8) is 0 Å². The zero-order valence-electron chi connectivity index (χ0n) is 17.3. The number of alkyl halides is 3. The molecule has 1 saturated heterocycles. The first-order chi connectivity index (χ1) is 15.2. The maximum atomic E-state index is 13.3. The summed E-state index contributed by atoms with van der Waals surface area (Å²) in [5.41, 5.74) is -2.51. The van der Waals surface area contributed by atoms with E-state index in [-0.39, 0.29) is 40.7 Å². The highest BCUT2D eigenvalue weighted by atomic mass is 32.2. The van der Waals surface area contributed by atoms with Crippen LogP contribution in [-0.2, 0) is 11.3 Å². The van der Waals surface area contributed by atoms with Crippen LogP contribution in [0.2, 0.25) is 0 Å². The number of fused-ring (bicyclic) bond motifs is 1. The van der Waals surface area contributed by atoms with Gasteiger partial charge in [-0.1, -0.05) is 32.0 Å². The lowest BCUT2D eigenvalue weighted by Gasteiger charge is -2.25. The van der Waals surface area contributed by atoms with Crippen molar-refractivity contribution in [2.75, 3.05) is 4.90 Å². The second-order valence-corrected chi connectivity index (χ2v) is 8.94. The van der Waals surface area contributed by atoms with Crippen LogP contribution < -0.4 is 4.90 Å². The Morgan fingerprint density at radius 2 is 1.72 bits per heavy atom. The number of imide groups is 1. The first-order valence-electron chi connectivity index (χ1n) is 9.99. The molecule has 1 aromatic heterocycles. The molecule has 0 radical (unpaired) electrons. The van der Waals surface area contributed by atoms with Gasteiger partial charge in [0.2, 0.25) is 0 Å². The smallest absolute Gasteiger partial charge is 0.307 e. The molecule has 5 nitrogen and oxygen atoms in total. The third kappa shape index (κ3) is 4.29. The lowest BCUT2D eigenvalue weighted by Crippen LogP contribution is -2.38. The largest absolute Gasteiger partial charge is 0.446 e. The fraction of sp³-hybridized carbons (Fsp3) is 0.261. The summed E-state index contributed by atoms with van der Waals surface area (Å²) in [5, 5.41) is 0.893. The lowest BCUT2D eigenvalue weighted by molar-refractivity contribution is -0.120. The minimum atomic E-state index is -4.41. The second kappa shape index (κ2) is 8.46. The third-order valence-electron chi connectivity index (χ3n) is 5.29. The highest BCUT2D eigenvalue weighted by Crippen LogP contribution is 2.38. The number of para-hydroxylation sites is 1. The van der Waals surface area contributed by atoms with Crippen molar-refractivity contribution in [2.45, 2.75) is 36.8 Å². The summed E-state index contributed by atoms with van der Waals surface area (Å²) in [6.45, 7) is 3.94. The van der Waals surface area contributed by atoms with Crippen LogP contribution in [0, 0.1) is 5.92 Å². The van der Waals surface area contributed by atoms with Crippen LogP contribution in [0.25, 0.3) is 10.9 Å². The maximum Gasteiger partial charge on any atom is 0.446 e. The Labute approximate surface area is 187 Å². The highest BCUT2D eigenvalue weighted by molar-refractivity contribution is 8.00. The van der Waals surface area contributed by atoms with Gasteiger partial charge in [-0.15, -0.1) is 0 Å². The van der Waals surface area contributed by atoms with Gasteiger partial charge in [0.1, 0.15) is 6.04 Å². The van der Waals surface area contributed by atoms with Crippen molar-refractivity contribution >= 4 is 40.3 Å². The number of rotatable bonds is 5. The number of carbonyl (C=O) groups is 2. The molecule has 0 spiro atoms. The molecule has 1 aliphatic heterocycles. The number of thioether (sulfide) groups is 1. The van der Waals surface area contributed by atoms with Gasteiger partial charge in [-0.25, -0.2) is 9.69 Å². The van der Waals surface area contributed by atoms with Crippen molar-refractivity contribution in [1.82, 2.24) is 9.88 Å². The van der Waals surface area contributed by atoms with E-state index in [2.05, 4.69) is 4.98 Å². The molecule has 0 saturated carbocycles. The van der Waals surface area contributed by atoms with Crippen LogP contribution in [0.15, 0.2) is 65.7 Å². The van der Waals surface area contributed by atoms with Gasteiger partial charge in [-0.2, -0.15) is 13.2 Å². The zero-order valence-corrected chi connectivity index (χ0v) is 18.2. The molecule has 1 fully saturated rings. The Hall–Kier alpha value is -3.07. The molecule has 1 unspecified atom stereocenters. The van der Waals surface area contributed by atoms with Crippen LogP contribution in [-0.4, -0.2) is 33.4 Å². The summed E-state index contributed by atoms with van der Waals surface area (Å²) in [5.74, 6) is -0.538. The summed E-state index contributed by atoms with van der Waals surface area (Å²) >= 11 is -0.242. The van der Waals surface area contributed by atoms with Gasteiger partial charge in [-0.05, 0) is 59.6 Å². The molecule has 32 heavy (non-hydrogen) atoms. The van der Waals surface area contributed by atoms with Gasteiger partial charge >= 0.3 is 11.5 Å². The van der Waals surface area contributed by atoms with Crippen LogP contribution in [0.4, 0.5) is 23.7 Å². The first kappa shape index (κ1) is 22.1. The number of nitrogens with zero attached hydrogens (tertiary/aromatic N) is 3. The normalized spacial score (nSPS) is 17.1. The summed E-state index contributed by atoms with van der Waals surface area (Å²) < 4.78 is 37.8. The van der Waals surface area contributed by atoms with Gasteiger partial charge < -0.3 is 4.90 Å². The van der Waals surface area contributed by atoms with E-state index in [1.165, 1.54) is 29.2 Å². The van der Waals surface area contributed by atoms with E-state index < -0.39 is 17.6 Å². The number of halogens is 3. The van der Waals surface area contributed by atoms with E-state index in [0.29, 0.717) is 0 Å². The zero-order chi connectivity index (χ0) is 23.0. The van der Waals surface area contributed by atoms with E-state index in [1.54, 1.807) is 6.20 Å². The molecule has 4 rings (SSSR count). The third-order valence-corrected chi connectivity index (χ3v) is 6.03. The number of hydrogen-bond donors (Lipinski definition) is 0. The minimum Gasteiger partial charge on any atom is -0.307 e. The van der Waals surface area contributed by atoms with Crippen LogP contribution in [0.1, 0.15) is 19.4 Å². The fourth-order valence-electron chi connectivity index (χ4n) is 3.93. The van der Waals surface area contributed by atoms with Crippen molar-refractivity contribution in [2.24, 2.45) is 5.92 Å². The standard InChI is InChI=1S/C23H20F3N3O2S/c1-14(2)20-21(30)29(16-7-9-17(10-8-16)32-23(24,25)26)22(31)28(20)13-15-11-12-27-19-6-4-3-5-18(15)19/h3-12,14,20H,13H2,1-2H3. The average molecular weight is 459 g/mol. The predicted molar refractivity (Wildman–Crippen MR) is 117 cm³/mol. The van der Waals surface area contributed by atoms with Gasteiger partial charge in [0.15, 0.2) is 0 Å². The van der Waals surface area contributed by atoms with Crippen LogP contribution >= 0.6 is 11.8 Å². The molecule has 166 valence electrons. The van der Waals surface area contributed by atoms with E-state index in [4.69, 9.17) is 0 Å². The number of benzene rings is 2. The Balaban J connectivity index is 1.65. The first-order valence-corrected chi connectivity index (χ1v) is 10.8. The topological polar surface area (TPSA) is 53.5 Å². The van der Waals surface area contributed by atoms with E-state index in [1.807, 2.05) is 44.2 Å². The Bertz CT molecular complexity index is 1160. The molecule has 2 aromatic carbocycles. The van der Waals surface area contributed by atoms with Gasteiger partial charge in [-0.3, -0.25) is 9.78 Å². The number of pyridine rings is 1. The summed E-state index contributed by atoms with van der Waals surface area (Å²) in [6.07, 6.45) is 1.67. The molecule has 1 aliphatic rings. The molecule has 9 heteroatoms. The highest BCUT2D eigenvalue weighted by Gasteiger charge is 2.47. The van der Waals surface area contributed by atoms with E-state index in [0.717, 1.165) is 21.4 Å². The van der Waals surface area contributed by atoms with E-state index in [9.17, 15) is 22.8 Å².